The molecule has 3 aromatic rings. The number of sulfonamides is 1. The lowest BCUT2D eigenvalue weighted by atomic mass is 9.82. The summed E-state index contributed by atoms with van der Waals surface area (Å²) in [5.41, 5.74) is 2.83. The zero-order valence-electron chi connectivity index (χ0n) is 19.0. The van der Waals surface area contributed by atoms with Crippen LogP contribution in [0.4, 0.5) is 5.82 Å². The first-order valence-corrected chi connectivity index (χ1v) is 13.9. The molecule has 11 heteroatoms. The Balaban J connectivity index is 1.40. The molecule has 1 N–H and O–H groups in total. The van der Waals surface area contributed by atoms with Gasteiger partial charge in [-0.25, -0.2) is 13.4 Å². The summed E-state index contributed by atoms with van der Waals surface area (Å²) in [6.07, 6.45) is 6.11. The van der Waals surface area contributed by atoms with Crippen LogP contribution in [0.25, 0.3) is 11.0 Å². The van der Waals surface area contributed by atoms with Crippen LogP contribution in [-0.2, 0) is 10.0 Å². The van der Waals surface area contributed by atoms with Gasteiger partial charge in [0.15, 0.2) is 11.6 Å². The Hall–Kier alpha value is -2.80. The van der Waals surface area contributed by atoms with Crippen molar-refractivity contribution in [3.05, 3.63) is 52.7 Å². The van der Waals surface area contributed by atoms with Gasteiger partial charge >= 0.3 is 0 Å². The minimum atomic E-state index is -3.41. The second kappa shape index (κ2) is 10.9. The van der Waals surface area contributed by atoms with E-state index >= 15 is 0 Å². The molecule has 0 amide bonds. The van der Waals surface area contributed by atoms with Gasteiger partial charge in [0.1, 0.15) is 18.4 Å². The van der Waals surface area contributed by atoms with Crippen molar-refractivity contribution in [2.45, 2.75) is 37.7 Å². The number of fused-ring (bicyclic) bond motifs is 1. The number of nitrogens with one attached hydrogen (secondary N) is 1. The number of nitrogens with zero attached hydrogens (tertiary/aromatic N) is 3. The highest BCUT2D eigenvalue weighted by Crippen LogP contribution is 2.38. The van der Waals surface area contributed by atoms with E-state index in [-0.39, 0.29) is 18.5 Å². The summed E-state index contributed by atoms with van der Waals surface area (Å²) in [4.78, 5) is 8.70. The minimum absolute atomic E-state index is 0.0216. The topological polar surface area (TPSA) is 114 Å². The summed E-state index contributed by atoms with van der Waals surface area (Å²) in [7, 11) is -3.41. The number of alkyl halides is 1. The Morgan fingerprint density at radius 1 is 1.17 bits per heavy atom. The summed E-state index contributed by atoms with van der Waals surface area (Å²) in [6, 6.07) is 11.3. The van der Waals surface area contributed by atoms with E-state index in [1.165, 1.54) is 11.8 Å². The van der Waals surface area contributed by atoms with Crippen molar-refractivity contribution < 1.29 is 17.9 Å². The molecule has 35 heavy (non-hydrogen) atoms. The highest BCUT2D eigenvalue weighted by Gasteiger charge is 2.25. The molecule has 0 spiro atoms. The Morgan fingerprint density at radius 2 is 1.94 bits per heavy atom. The third-order valence-electron chi connectivity index (χ3n) is 5.77. The summed E-state index contributed by atoms with van der Waals surface area (Å²) >= 11 is 12.0. The first-order chi connectivity index (χ1) is 16.8. The van der Waals surface area contributed by atoms with E-state index in [1.54, 1.807) is 12.1 Å². The highest BCUT2D eigenvalue weighted by atomic mass is 35.5. The van der Waals surface area contributed by atoms with Crippen molar-refractivity contribution in [2.75, 3.05) is 23.5 Å². The van der Waals surface area contributed by atoms with Crippen LogP contribution < -0.4 is 14.2 Å². The second-order valence-electron chi connectivity index (χ2n) is 8.40. The lowest BCUT2D eigenvalue weighted by Crippen LogP contribution is -2.23. The number of ether oxygens (including phenoxy) is 2. The number of rotatable bonds is 8. The molecule has 0 unspecified atom stereocenters. The number of halogens is 2. The van der Waals surface area contributed by atoms with Crippen molar-refractivity contribution in [3.8, 4) is 17.6 Å². The first-order valence-electron chi connectivity index (χ1n) is 11.1. The van der Waals surface area contributed by atoms with Gasteiger partial charge in [0.25, 0.3) is 0 Å². The van der Waals surface area contributed by atoms with E-state index in [2.05, 4.69) is 20.8 Å². The maximum Gasteiger partial charge on any atom is 0.231 e. The van der Waals surface area contributed by atoms with Crippen molar-refractivity contribution >= 4 is 50.1 Å². The van der Waals surface area contributed by atoms with Gasteiger partial charge in [-0.05, 0) is 49.3 Å². The van der Waals surface area contributed by atoms with E-state index < -0.39 is 10.0 Å². The zero-order valence-corrected chi connectivity index (χ0v) is 21.3. The van der Waals surface area contributed by atoms with Gasteiger partial charge in [0.05, 0.1) is 46.1 Å². The quantitative estimate of drug-likeness (QED) is 0.392. The van der Waals surface area contributed by atoms with Crippen LogP contribution >= 0.6 is 23.2 Å². The van der Waals surface area contributed by atoms with E-state index in [9.17, 15) is 13.7 Å². The van der Waals surface area contributed by atoms with Crippen molar-refractivity contribution in [1.82, 2.24) is 9.97 Å². The fourth-order valence-electron chi connectivity index (χ4n) is 4.23. The third-order valence-corrected chi connectivity index (χ3v) is 6.78. The molecule has 8 nitrogen and oxygen atoms in total. The average molecular weight is 535 g/mol. The Morgan fingerprint density at radius 3 is 2.63 bits per heavy atom. The Bertz CT molecular complexity index is 1370. The number of hydrogen-bond donors (Lipinski definition) is 1. The van der Waals surface area contributed by atoms with Gasteiger partial charge in [-0.2, -0.15) is 5.26 Å². The Labute approximate surface area is 214 Å². The predicted molar refractivity (Wildman–Crippen MR) is 136 cm³/mol. The summed E-state index contributed by atoms with van der Waals surface area (Å²) in [5.74, 6) is 1.73. The molecular weight excluding hydrogens is 511 g/mol. The van der Waals surface area contributed by atoms with E-state index in [0.29, 0.717) is 39.4 Å². The molecule has 0 atom stereocenters. The smallest absolute Gasteiger partial charge is 0.231 e. The van der Waals surface area contributed by atoms with Gasteiger partial charge in [-0.15, -0.1) is 11.6 Å². The third kappa shape index (κ3) is 6.45. The molecular formula is C24H24Cl2N4O4S. The molecule has 184 valence electrons. The molecule has 1 saturated carbocycles. The molecule has 0 saturated heterocycles. The fraction of sp³-hybridized carbons (Fsp3) is 0.375. The molecule has 0 aliphatic heterocycles. The van der Waals surface area contributed by atoms with Gasteiger partial charge in [-0.1, -0.05) is 17.7 Å². The van der Waals surface area contributed by atoms with Gasteiger partial charge in [0.2, 0.25) is 10.0 Å². The molecule has 1 heterocycles. The van der Waals surface area contributed by atoms with Crippen LogP contribution in [0.1, 0.15) is 42.7 Å². The van der Waals surface area contributed by atoms with Crippen LogP contribution in [0, 0.1) is 11.3 Å². The van der Waals surface area contributed by atoms with E-state index in [1.807, 2.05) is 18.2 Å². The summed E-state index contributed by atoms with van der Waals surface area (Å²) in [6.45, 7) is 0.263. The fourth-order valence-corrected chi connectivity index (χ4v) is 5.05. The molecule has 4 rings (SSSR count). The first kappa shape index (κ1) is 25.3. The molecule has 1 aliphatic rings. The predicted octanol–water partition coefficient (Wildman–Crippen LogP) is 5.25. The zero-order chi connectivity index (χ0) is 25.0. The molecule has 2 aromatic carbocycles. The van der Waals surface area contributed by atoms with E-state index in [4.69, 9.17) is 32.7 Å². The van der Waals surface area contributed by atoms with Crippen LogP contribution in [0.3, 0.4) is 0 Å². The van der Waals surface area contributed by atoms with Crippen LogP contribution in [0.15, 0.2) is 36.5 Å². The molecule has 1 aliphatic carbocycles. The van der Waals surface area contributed by atoms with Gasteiger partial charge < -0.3 is 9.47 Å². The van der Waals surface area contributed by atoms with Crippen LogP contribution in [0.5, 0.6) is 11.5 Å². The second-order valence-corrected chi connectivity index (χ2v) is 10.9. The highest BCUT2D eigenvalue weighted by molar-refractivity contribution is 7.92. The normalized spacial score (nSPS) is 18.1. The Kier molecular flexibility index (Phi) is 7.85. The summed E-state index contributed by atoms with van der Waals surface area (Å²) in [5, 5.41) is 9.78. The van der Waals surface area contributed by atoms with Crippen LogP contribution in [-0.4, -0.2) is 43.2 Å². The van der Waals surface area contributed by atoms with Gasteiger partial charge in [0, 0.05) is 12.1 Å². The number of nitriles is 1. The van der Waals surface area contributed by atoms with E-state index in [0.717, 1.165) is 37.5 Å². The van der Waals surface area contributed by atoms with Crippen molar-refractivity contribution in [1.29, 1.82) is 5.26 Å². The largest absolute Gasteiger partial charge is 0.490 e. The lowest BCUT2D eigenvalue weighted by molar-refractivity contribution is 0.146. The number of hydrogen-bond acceptors (Lipinski definition) is 7. The maximum absolute atomic E-state index is 11.4. The number of benzene rings is 2. The number of aromatic nitrogens is 2. The molecule has 1 aromatic heterocycles. The average Bonchev–Trinajstić information content (AvgIpc) is 2.82. The maximum atomic E-state index is 11.4. The molecule has 1 fully saturated rings. The van der Waals surface area contributed by atoms with Crippen LogP contribution in [0.2, 0.25) is 5.02 Å². The standard InChI is InChI=1S/C24H24Cl2N4O4S/c1-35(31,32)30-23-14-28-22-11-16(4-7-21(22)29-23)15-2-5-18(6-3-15)34-19-10-17(13-27)24(20(26)12-19)33-9-8-25/h4,7,10-12,14-15,18H,2-3,5-6,8-9H2,1H3,(H,29,30). The molecule has 0 radical (unpaired) electrons. The minimum Gasteiger partial charge on any atom is -0.490 e. The number of anilines is 1. The van der Waals surface area contributed by atoms with Crippen molar-refractivity contribution in [2.24, 2.45) is 0 Å². The lowest BCUT2D eigenvalue weighted by Gasteiger charge is -2.29. The van der Waals surface area contributed by atoms with Crippen molar-refractivity contribution in [3.63, 3.8) is 0 Å². The van der Waals surface area contributed by atoms with Gasteiger partial charge in [-0.3, -0.25) is 9.71 Å². The SMILES string of the molecule is CS(=O)(=O)Nc1cnc2cc(C3CCC(Oc4cc(Cl)c(OCCCl)c(C#N)c4)CC3)ccc2n1. The monoisotopic (exact) mass is 534 g/mol. The molecule has 0 bridgehead atoms. The summed E-state index contributed by atoms with van der Waals surface area (Å²) < 4.78 is 36.8.